The summed E-state index contributed by atoms with van der Waals surface area (Å²) >= 11 is 0. The van der Waals surface area contributed by atoms with Gasteiger partial charge < -0.3 is 21.3 Å². The van der Waals surface area contributed by atoms with Gasteiger partial charge in [0.25, 0.3) is 0 Å². The molecule has 0 unspecified atom stereocenters. The Balaban J connectivity index is 1.86. The van der Waals surface area contributed by atoms with Crippen LogP contribution in [-0.4, -0.2) is 41.8 Å². The Morgan fingerprint density at radius 3 is 2.73 bits per heavy atom. The molecule has 1 saturated heterocycles. The number of nitrogens with one attached hydrogen (secondary N) is 2. The molecule has 3 amide bonds. The lowest BCUT2D eigenvalue weighted by atomic mass is 10.1. The number of carbonyl (C=O) groups excluding carboxylic acids is 3. The number of nitrogens with two attached hydrogens (primary N) is 1. The van der Waals surface area contributed by atoms with Gasteiger partial charge in [-0.25, -0.2) is 0 Å². The normalized spacial score (nSPS) is 15.7. The number of nitrogens with zero attached hydrogens (tertiary/aromatic N) is 1. The third-order valence-corrected chi connectivity index (χ3v) is 4.45. The third kappa shape index (κ3) is 5.84. The monoisotopic (exact) mass is 360 g/mol. The number of likely N-dealkylation sites (tertiary alicyclic amines) is 1. The number of carbonyl (C=O) groups is 3. The Bertz CT molecular complexity index is 660. The molecule has 0 aromatic heterocycles. The maximum atomic E-state index is 12.0. The number of hydrogen-bond donors (Lipinski definition) is 3. The maximum Gasteiger partial charge on any atom is 0.243 e. The minimum atomic E-state index is -0.631. The molecule has 1 aliphatic rings. The average molecular weight is 360 g/mol. The zero-order chi connectivity index (χ0) is 19.1. The van der Waals surface area contributed by atoms with E-state index in [1.165, 1.54) is 0 Å². The summed E-state index contributed by atoms with van der Waals surface area (Å²) in [5.74, 6) is -0.477. The summed E-state index contributed by atoms with van der Waals surface area (Å²) in [6.45, 7) is 4.89. The number of rotatable bonds is 7. The summed E-state index contributed by atoms with van der Waals surface area (Å²) in [5, 5.41) is 5.30. The molecule has 0 spiro atoms. The Hall–Kier alpha value is -2.41. The summed E-state index contributed by atoms with van der Waals surface area (Å²) in [5.41, 5.74) is 7.34. The van der Waals surface area contributed by atoms with Gasteiger partial charge in [-0.05, 0) is 36.5 Å². The molecule has 1 aromatic rings. The van der Waals surface area contributed by atoms with Crippen LogP contribution in [0.2, 0.25) is 0 Å². The fraction of sp³-hybridized carbons (Fsp3) is 0.526. The Kier molecular flexibility index (Phi) is 7.15. The van der Waals surface area contributed by atoms with E-state index in [0.717, 1.165) is 24.9 Å². The predicted molar refractivity (Wildman–Crippen MR) is 100 cm³/mol. The lowest BCUT2D eigenvalue weighted by molar-refractivity contribution is -0.133. The van der Waals surface area contributed by atoms with E-state index in [1.54, 1.807) is 6.07 Å². The smallest absolute Gasteiger partial charge is 0.243 e. The van der Waals surface area contributed by atoms with Gasteiger partial charge in [0.15, 0.2) is 0 Å². The molecule has 1 atom stereocenters. The predicted octanol–water partition coefficient (Wildman–Crippen LogP) is 1.24. The highest BCUT2D eigenvalue weighted by Crippen LogP contribution is 2.17. The third-order valence-electron chi connectivity index (χ3n) is 4.45. The molecule has 7 heteroatoms. The van der Waals surface area contributed by atoms with Gasteiger partial charge in [-0.3, -0.25) is 14.4 Å². The van der Waals surface area contributed by atoms with Crippen molar-refractivity contribution in [2.75, 3.05) is 18.4 Å². The van der Waals surface area contributed by atoms with Crippen LogP contribution >= 0.6 is 0 Å². The van der Waals surface area contributed by atoms with Crippen LogP contribution in [0.3, 0.4) is 0 Å². The number of hydrogen-bond acceptors (Lipinski definition) is 4. The summed E-state index contributed by atoms with van der Waals surface area (Å²) in [6, 6.07) is 6.77. The summed E-state index contributed by atoms with van der Waals surface area (Å²) in [4.78, 5) is 37.6. The first kappa shape index (κ1) is 19.9. The average Bonchev–Trinajstić information content (AvgIpc) is 2.61. The Morgan fingerprint density at radius 1 is 1.27 bits per heavy atom. The molecule has 1 aliphatic heterocycles. The Labute approximate surface area is 154 Å². The van der Waals surface area contributed by atoms with E-state index in [2.05, 4.69) is 10.6 Å². The standard InChI is InChI=1S/C19H28N4O3/c1-13(2)18(20)19(26)21-11-16(24)22-15-7-5-6-14(10-15)12-23-9-4-3-8-17(23)25/h5-7,10,13,18H,3-4,8-9,11-12,20H2,1-2H3,(H,21,26)(H,22,24)/t18-/m0/s1. The van der Waals surface area contributed by atoms with Crippen molar-refractivity contribution in [1.29, 1.82) is 0 Å². The topological polar surface area (TPSA) is 105 Å². The Morgan fingerprint density at radius 2 is 2.04 bits per heavy atom. The maximum absolute atomic E-state index is 12.0. The second-order valence-electron chi connectivity index (χ2n) is 7.01. The minimum absolute atomic E-state index is 0.00670. The quantitative estimate of drug-likeness (QED) is 0.680. The zero-order valence-electron chi connectivity index (χ0n) is 15.5. The summed E-state index contributed by atoms with van der Waals surface area (Å²) < 4.78 is 0. The van der Waals surface area contributed by atoms with Crippen molar-refractivity contribution in [3.8, 4) is 0 Å². The molecule has 1 heterocycles. The van der Waals surface area contributed by atoms with Crippen molar-refractivity contribution in [1.82, 2.24) is 10.2 Å². The minimum Gasteiger partial charge on any atom is -0.346 e. The van der Waals surface area contributed by atoms with Gasteiger partial charge in [0.05, 0.1) is 12.6 Å². The molecule has 0 saturated carbocycles. The van der Waals surface area contributed by atoms with Crippen molar-refractivity contribution in [3.05, 3.63) is 29.8 Å². The lowest BCUT2D eigenvalue weighted by Gasteiger charge is -2.26. The molecular weight excluding hydrogens is 332 g/mol. The van der Waals surface area contributed by atoms with Gasteiger partial charge in [0.1, 0.15) is 0 Å². The fourth-order valence-electron chi connectivity index (χ4n) is 2.79. The van der Waals surface area contributed by atoms with Gasteiger partial charge in [-0.15, -0.1) is 0 Å². The molecule has 0 aliphatic carbocycles. The van der Waals surface area contributed by atoms with Gasteiger partial charge in [-0.2, -0.15) is 0 Å². The highest BCUT2D eigenvalue weighted by Gasteiger charge is 2.19. The molecule has 4 N–H and O–H groups in total. The molecule has 1 aromatic carbocycles. The number of amides is 3. The molecule has 7 nitrogen and oxygen atoms in total. The van der Waals surface area contributed by atoms with Crippen LogP contribution < -0.4 is 16.4 Å². The summed E-state index contributed by atoms with van der Waals surface area (Å²) in [6.07, 6.45) is 2.59. The van der Waals surface area contributed by atoms with Crippen LogP contribution in [0.25, 0.3) is 0 Å². The first-order chi connectivity index (χ1) is 12.4. The second-order valence-corrected chi connectivity index (χ2v) is 7.01. The van der Waals surface area contributed by atoms with Crippen LogP contribution in [-0.2, 0) is 20.9 Å². The zero-order valence-corrected chi connectivity index (χ0v) is 15.5. The number of piperidine rings is 1. The SMILES string of the molecule is CC(C)[C@H](N)C(=O)NCC(=O)Nc1cccc(CN2CCCCC2=O)c1. The van der Waals surface area contributed by atoms with Crippen molar-refractivity contribution in [2.24, 2.45) is 11.7 Å². The van der Waals surface area contributed by atoms with E-state index in [9.17, 15) is 14.4 Å². The van der Waals surface area contributed by atoms with E-state index in [-0.39, 0.29) is 30.2 Å². The number of benzene rings is 1. The number of anilines is 1. The van der Waals surface area contributed by atoms with Crippen molar-refractivity contribution < 1.29 is 14.4 Å². The highest BCUT2D eigenvalue weighted by atomic mass is 16.2. The highest BCUT2D eigenvalue weighted by molar-refractivity contribution is 5.95. The van der Waals surface area contributed by atoms with E-state index in [0.29, 0.717) is 18.7 Å². The van der Waals surface area contributed by atoms with Gasteiger partial charge in [0.2, 0.25) is 17.7 Å². The molecule has 142 valence electrons. The van der Waals surface area contributed by atoms with Gasteiger partial charge in [0, 0.05) is 25.2 Å². The van der Waals surface area contributed by atoms with E-state index in [1.807, 2.05) is 36.9 Å². The van der Waals surface area contributed by atoms with E-state index < -0.39 is 6.04 Å². The van der Waals surface area contributed by atoms with Crippen LogP contribution in [0.15, 0.2) is 24.3 Å². The molecule has 0 radical (unpaired) electrons. The van der Waals surface area contributed by atoms with Crippen LogP contribution in [0, 0.1) is 5.92 Å². The van der Waals surface area contributed by atoms with Crippen LogP contribution in [0.5, 0.6) is 0 Å². The molecule has 26 heavy (non-hydrogen) atoms. The molecule has 0 bridgehead atoms. The fourth-order valence-corrected chi connectivity index (χ4v) is 2.79. The molecular formula is C19H28N4O3. The first-order valence-corrected chi connectivity index (χ1v) is 9.06. The lowest BCUT2D eigenvalue weighted by Crippen LogP contribution is -2.46. The van der Waals surface area contributed by atoms with Crippen LogP contribution in [0.1, 0.15) is 38.7 Å². The van der Waals surface area contributed by atoms with Crippen molar-refractivity contribution >= 4 is 23.4 Å². The van der Waals surface area contributed by atoms with Crippen LogP contribution in [0.4, 0.5) is 5.69 Å². The molecule has 1 fully saturated rings. The van der Waals surface area contributed by atoms with Crippen molar-refractivity contribution in [3.63, 3.8) is 0 Å². The second kappa shape index (κ2) is 9.33. The van der Waals surface area contributed by atoms with E-state index >= 15 is 0 Å². The van der Waals surface area contributed by atoms with Gasteiger partial charge >= 0.3 is 0 Å². The van der Waals surface area contributed by atoms with Gasteiger partial charge in [-0.1, -0.05) is 26.0 Å². The van der Waals surface area contributed by atoms with Crippen molar-refractivity contribution in [2.45, 2.75) is 45.7 Å². The van der Waals surface area contributed by atoms with E-state index in [4.69, 9.17) is 5.73 Å². The largest absolute Gasteiger partial charge is 0.346 e. The first-order valence-electron chi connectivity index (χ1n) is 9.06. The summed E-state index contributed by atoms with van der Waals surface area (Å²) in [7, 11) is 0. The molecule has 2 rings (SSSR count).